The van der Waals surface area contributed by atoms with Crippen LogP contribution in [0.2, 0.25) is 0 Å². The lowest BCUT2D eigenvalue weighted by Crippen LogP contribution is -2.30. The summed E-state index contributed by atoms with van der Waals surface area (Å²) in [6, 6.07) is 0. The van der Waals surface area contributed by atoms with Crippen molar-refractivity contribution in [3.63, 3.8) is 0 Å². The standard InChI is InChI=1S/C63H114O6/c1-4-7-10-13-16-18-20-22-24-26-28-29-30-31-32-33-35-36-38-40-42-44-47-50-53-56-62(65)68-59-60(58-67-61(64)55-52-49-46-15-12-9-6-3)69-63(66)57-54-51-48-45-43-41-39-37-34-27-25-23-21-19-17-14-11-8-5-2/h20,22-23,25-26,28,30-31,60H,4-19,21,24,27,29,32-59H2,1-3H3/b22-20-,25-23-,28-26-,31-30-. The molecule has 0 saturated heterocycles. The monoisotopic (exact) mass is 967 g/mol. The molecule has 0 N–H and O–H groups in total. The number of carbonyl (C=O) groups is 3. The highest BCUT2D eigenvalue weighted by Gasteiger charge is 2.19. The first kappa shape index (κ1) is 66.4. The summed E-state index contributed by atoms with van der Waals surface area (Å²) in [5.41, 5.74) is 0. The number of carbonyl (C=O) groups excluding carboxylic acids is 3. The normalized spacial score (nSPS) is 12.3. The van der Waals surface area contributed by atoms with Crippen LogP contribution in [0.5, 0.6) is 0 Å². The SMILES string of the molecule is CCCCCCC/C=C\C/C=C\C/C=C\CCCCCCCCCCCCC(=O)OCC(COC(=O)CCCCCCCCC)OC(=O)CCCCCCCCCCC/C=C\CCCCCCCC. The van der Waals surface area contributed by atoms with E-state index in [4.69, 9.17) is 14.2 Å². The van der Waals surface area contributed by atoms with E-state index >= 15 is 0 Å². The number of esters is 3. The summed E-state index contributed by atoms with van der Waals surface area (Å²) in [7, 11) is 0. The summed E-state index contributed by atoms with van der Waals surface area (Å²) < 4.78 is 16.8. The molecule has 69 heavy (non-hydrogen) atoms. The van der Waals surface area contributed by atoms with Gasteiger partial charge in [0.25, 0.3) is 0 Å². The zero-order chi connectivity index (χ0) is 50.0. The lowest BCUT2D eigenvalue weighted by atomic mass is 10.0. The van der Waals surface area contributed by atoms with E-state index in [1.165, 1.54) is 205 Å². The fourth-order valence-electron chi connectivity index (χ4n) is 8.74. The molecular weight excluding hydrogens is 853 g/mol. The molecule has 0 spiro atoms. The molecule has 6 nitrogen and oxygen atoms in total. The Hall–Kier alpha value is -2.63. The minimum Gasteiger partial charge on any atom is -0.462 e. The summed E-state index contributed by atoms with van der Waals surface area (Å²) in [5, 5.41) is 0. The fraction of sp³-hybridized carbons (Fsp3) is 0.825. The zero-order valence-corrected chi connectivity index (χ0v) is 46.1. The number of allylic oxidation sites excluding steroid dienone is 8. The van der Waals surface area contributed by atoms with Gasteiger partial charge in [-0.25, -0.2) is 0 Å². The van der Waals surface area contributed by atoms with Crippen molar-refractivity contribution in [3.8, 4) is 0 Å². The van der Waals surface area contributed by atoms with Gasteiger partial charge in [0.05, 0.1) is 0 Å². The first-order valence-corrected chi connectivity index (χ1v) is 30.1. The molecule has 0 aliphatic rings. The van der Waals surface area contributed by atoms with Crippen LogP contribution in [0.3, 0.4) is 0 Å². The van der Waals surface area contributed by atoms with E-state index in [9.17, 15) is 14.4 Å². The highest BCUT2D eigenvalue weighted by Crippen LogP contribution is 2.16. The second-order valence-electron chi connectivity index (χ2n) is 20.3. The van der Waals surface area contributed by atoms with E-state index in [1.54, 1.807) is 0 Å². The van der Waals surface area contributed by atoms with Gasteiger partial charge in [-0.2, -0.15) is 0 Å². The van der Waals surface area contributed by atoms with E-state index in [0.717, 1.165) is 70.6 Å². The Morgan fingerprint density at radius 3 is 0.826 bits per heavy atom. The molecule has 0 aliphatic carbocycles. The Balaban J connectivity index is 4.15. The van der Waals surface area contributed by atoms with Crippen LogP contribution in [0, 0.1) is 0 Å². The van der Waals surface area contributed by atoms with Gasteiger partial charge in [-0.05, 0) is 83.5 Å². The molecule has 0 aromatic carbocycles. The second-order valence-corrected chi connectivity index (χ2v) is 20.3. The molecule has 402 valence electrons. The molecule has 1 atom stereocenters. The Morgan fingerprint density at radius 1 is 0.290 bits per heavy atom. The smallest absolute Gasteiger partial charge is 0.306 e. The molecule has 0 fully saturated rings. The Bertz CT molecular complexity index is 1200. The molecule has 0 aromatic heterocycles. The first-order chi connectivity index (χ1) is 34.0. The Labute approximate surface area is 428 Å². The predicted octanol–water partition coefficient (Wildman–Crippen LogP) is 20.2. The average molecular weight is 968 g/mol. The number of hydrogen-bond donors (Lipinski definition) is 0. The van der Waals surface area contributed by atoms with Crippen LogP contribution in [-0.4, -0.2) is 37.2 Å². The number of ether oxygens (including phenoxy) is 3. The van der Waals surface area contributed by atoms with Crippen LogP contribution < -0.4 is 0 Å². The second kappa shape index (κ2) is 57.9. The van der Waals surface area contributed by atoms with E-state index < -0.39 is 6.10 Å². The summed E-state index contributed by atoms with van der Waals surface area (Å²) >= 11 is 0. The molecule has 0 rings (SSSR count). The van der Waals surface area contributed by atoms with Crippen molar-refractivity contribution in [1.82, 2.24) is 0 Å². The van der Waals surface area contributed by atoms with E-state index in [0.29, 0.717) is 19.3 Å². The van der Waals surface area contributed by atoms with Crippen LogP contribution >= 0.6 is 0 Å². The molecule has 6 heteroatoms. The van der Waals surface area contributed by atoms with Gasteiger partial charge in [0.1, 0.15) is 13.2 Å². The molecule has 0 saturated carbocycles. The average Bonchev–Trinajstić information content (AvgIpc) is 3.35. The maximum absolute atomic E-state index is 12.8. The lowest BCUT2D eigenvalue weighted by Gasteiger charge is -2.18. The Morgan fingerprint density at radius 2 is 0.522 bits per heavy atom. The van der Waals surface area contributed by atoms with Crippen LogP contribution in [0.25, 0.3) is 0 Å². The number of unbranched alkanes of at least 4 members (excludes halogenated alkanes) is 36. The molecule has 0 bridgehead atoms. The van der Waals surface area contributed by atoms with Gasteiger partial charge in [0.15, 0.2) is 6.10 Å². The van der Waals surface area contributed by atoms with Crippen LogP contribution in [0.4, 0.5) is 0 Å². The van der Waals surface area contributed by atoms with Crippen molar-refractivity contribution in [2.45, 2.75) is 322 Å². The summed E-state index contributed by atoms with van der Waals surface area (Å²) in [6.07, 6.45) is 71.3. The largest absolute Gasteiger partial charge is 0.462 e. The van der Waals surface area contributed by atoms with Gasteiger partial charge in [-0.15, -0.1) is 0 Å². The minimum absolute atomic E-state index is 0.0729. The third-order valence-electron chi connectivity index (χ3n) is 13.3. The quantitative estimate of drug-likeness (QED) is 0.0262. The van der Waals surface area contributed by atoms with E-state index in [-0.39, 0.29) is 31.1 Å². The van der Waals surface area contributed by atoms with Crippen molar-refractivity contribution in [1.29, 1.82) is 0 Å². The summed E-state index contributed by atoms with van der Waals surface area (Å²) in [4.78, 5) is 38.0. The predicted molar refractivity (Wildman–Crippen MR) is 298 cm³/mol. The molecule has 0 aromatic rings. The first-order valence-electron chi connectivity index (χ1n) is 30.1. The van der Waals surface area contributed by atoms with Crippen molar-refractivity contribution in [2.24, 2.45) is 0 Å². The van der Waals surface area contributed by atoms with Gasteiger partial charge in [0, 0.05) is 19.3 Å². The zero-order valence-electron chi connectivity index (χ0n) is 46.1. The Kier molecular flexibility index (Phi) is 55.7. The third-order valence-corrected chi connectivity index (χ3v) is 13.3. The van der Waals surface area contributed by atoms with Gasteiger partial charge < -0.3 is 14.2 Å². The van der Waals surface area contributed by atoms with E-state index in [1.807, 2.05) is 0 Å². The highest BCUT2D eigenvalue weighted by molar-refractivity contribution is 5.71. The molecule has 1 unspecified atom stereocenters. The molecule has 0 amide bonds. The summed E-state index contributed by atoms with van der Waals surface area (Å²) in [5.74, 6) is -0.872. The topological polar surface area (TPSA) is 78.9 Å². The maximum Gasteiger partial charge on any atom is 0.306 e. The van der Waals surface area contributed by atoms with Gasteiger partial charge >= 0.3 is 17.9 Å². The lowest BCUT2D eigenvalue weighted by molar-refractivity contribution is -0.167. The van der Waals surface area contributed by atoms with Crippen LogP contribution in [0.15, 0.2) is 48.6 Å². The van der Waals surface area contributed by atoms with Crippen molar-refractivity contribution in [3.05, 3.63) is 48.6 Å². The van der Waals surface area contributed by atoms with Gasteiger partial charge in [0.2, 0.25) is 0 Å². The van der Waals surface area contributed by atoms with Gasteiger partial charge in [-0.3, -0.25) is 14.4 Å². The fourth-order valence-corrected chi connectivity index (χ4v) is 8.74. The highest BCUT2D eigenvalue weighted by atomic mass is 16.6. The van der Waals surface area contributed by atoms with Crippen molar-refractivity contribution in [2.75, 3.05) is 13.2 Å². The molecule has 0 aliphatic heterocycles. The maximum atomic E-state index is 12.8. The van der Waals surface area contributed by atoms with E-state index in [2.05, 4.69) is 69.4 Å². The molecular formula is C63H114O6. The van der Waals surface area contributed by atoms with Crippen molar-refractivity contribution >= 4 is 17.9 Å². The van der Waals surface area contributed by atoms with Gasteiger partial charge in [-0.1, -0.05) is 262 Å². The number of hydrogen-bond acceptors (Lipinski definition) is 6. The minimum atomic E-state index is -0.772. The van der Waals surface area contributed by atoms with Crippen LogP contribution in [0.1, 0.15) is 316 Å². The third kappa shape index (κ3) is 56.2. The summed E-state index contributed by atoms with van der Waals surface area (Å²) in [6.45, 7) is 6.61. The molecule has 0 heterocycles. The van der Waals surface area contributed by atoms with Crippen molar-refractivity contribution < 1.29 is 28.6 Å². The van der Waals surface area contributed by atoms with Crippen LogP contribution in [-0.2, 0) is 28.6 Å². The molecule has 0 radical (unpaired) electrons. The number of rotatable bonds is 55.